The molecule has 2 aromatic rings. The Labute approximate surface area is 101 Å². The topological polar surface area (TPSA) is 55.9 Å². The number of hydrogen-bond acceptors (Lipinski definition) is 4. The third kappa shape index (κ3) is 2.74. The Bertz CT molecular complexity index is 461. The fraction of sp³-hybridized carbons (Fsp3) is 0.500. The predicted molar refractivity (Wildman–Crippen MR) is 65.4 cm³/mol. The number of aromatic nitrogens is 3. The molecule has 0 fully saturated rings. The molecule has 17 heavy (non-hydrogen) atoms. The molecule has 2 aromatic heterocycles. The number of hydrogen-bond donors (Lipinski definition) is 1. The van der Waals surface area contributed by atoms with Crippen molar-refractivity contribution >= 4 is 0 Å². The van der Waals surface area contributed by atoms with Crippen LogP contribution in [0.2, 0.25) is 0 Å². The molecular formula is C12H18N4O. The molecule has 0 aromatic carbocycles. The Morgan fingerprint density at radius 1 is 1.35 bits per heavy atom. The molecule has 5 heteroatoms. The van der Waals surface area contributed by atoms with Crippen molar-refractivity contribution in [3.8, 4) is 11.6 Å². The van der Waals surface area contributed by atoms with E-state index in [-0.39, 0.29) is 0 Å². The van der Waals surface area contributed by atoms with Gasteiger partial charge in [0.2, 0.25) is 0 Å². The van der Waals surface area contributed by atoms with Crippen LogP contribution in [-0.4, -0.2) is 21.3 Å². The first-order valence-corrected chi connectivity index (χ1v) is 6.02. The largest absolute Gasteiger partial charge is 0.456 e. The quantitative estimate of drug-likeness (QED) is 0.777. The van der Waals surface area contributed by atoms with E-state index in [0.717, 1.165) is 43.4 Å². The maximum absolute atomic E-state index is 5.73. The van der Waals surface area contributed by atoms with E-state index in [0.29, 0.717) is 0 Å². The summed E-state index contributed by atoms with van der Waals surface area (Å²) in [4.78, 5) is 4.20. The van der Waals surface area contributed by atoms with Gasteiger partial charge >= 0.3 is 0 Å². The molecular weight excluding hydrogens is 216 g/mol. The van der Waals surface area contributed by atoms with Crippen LogP contribution in [0, 0.1) is 0 Å². The Balaban J connectivity index is 2.07. The molecule has 0 aliphatic heterocycles. The lowest BCUT2D eigenvalue weighted by molar-refractivity contribution is 0.486. The van der Waals surface area contributed by atoms with Crippen molar-refractivity contribution < 1.29 is 4.42 Å². The summed E-state index contributed by atoms with van der Waals surface area (Å²) in [7, 11) is 0. The van der Waals surface area contributed by atoms with Crippen molar-refractivity contribution in [2.45, 2.75) is 33.4 Å². The van der Waals surface area contributed by atoms with Gasteiger partial charge in [0.05, 0.1) is 6.54 Å². The minimum absolute atomic E-state index is 0.758. The predicted octanol–water partition coefficient (Wildman–Crippen LogP) is 2.06. The third-order valence-electron chi connectivity index (χ3n) is 2.52. The standard InChI is InChI=1S/C12H18N4O/c1-3-7-13-8-10-5-6-11(17-10)12-14-9-15-16(12)4-2/h5-6,9,13H,3-4,7-8H2,1-2H3. The second-order valence-corrected chi connectivity index (χ2v) is 3.84. The van der Waals surface area contributed by atoms with Gasteiger partial charge in [-0.2, -0.15) is 5.10 Å². The van der Waals surface area contributed by atoms with Crippen molar-refractivity contribution in [1.82, 2.24) is 20.1 Å². The molecule has 0 amide bonds. The zero-order valence-corrected chi connectivity index (χ0v) is 10.3. The highest BCUT2D eigenvalue weighted by molar-refractivity contribution is 5.46. The Kier molecular flexibility index (Phi) is 3.93. The van der Waals surface area contributed by atoms with Crippen LogP contribution in [0.4, 0.5) is 0 Å². The molecule has 5 nitrogen and oxygen atoms in total. The summed E-state index contributed by atoms with van der Waals surface area (Å²) in [6, 6.07) is 3.92. The van der Waals surface area contributed by atoms with Crippen LogP contribution in [0.15, 0.2) is 22.9 Å². The fourth-order valence-electron chi connectivity index (χ4n) is 1.67. The maximum Gasteiger partial charge on any atom is 0.194 e. The summed E-state index contributed by atoms with van der Waals surface area (Å²) in [6.45, 7) is 6.73. The van der Waals surface area contributed by atoms with Crippen LogP contribution in [0.1, 0.15) is 26.0 Å². The van der Waals surface area contributed by atoms with Gasteiger partial charge in [-0.3, -0.25) is 0 Å². The van der Waals surface area contributed by atoms with Crippen LogP contribution >= 0.6 is 0 Å². The van der Waals surface area contributed by atoms with Crippen LogP contribution in [-0.2, 0) is 13.1 Å². The van der Waals surface area contributed by atoms with Crippen LogP contribution in [0.5, 0.6) is 0 Å². The van der Waals surface area contributed by atoms with Crippen molar-refractivity contribution in [3.05, 3.63) is 24.2 Å². The molecule has 0 aliphatic carbocycles. The van der Waals surface area contributed by atoms with Gasteiger partial charge in [0.25, 0.3) is 0 Å². The highest BCUT2D eigenvalue weighted by Gasteiger charge is 2.10. The highest BCUT2D eigenvalue weighted by Crippen LogP contribution is 2.19. The zero-order valence-electron chi connectivity index (χ0n) is 10.3. The molecule has 0 atom stereocenters. The number of nitrogens with zero attached hydrogens (tertiary/aromatic N) is 3. The molecule has 0 spiro atoms. The lowest BCUT2D eigenvalue weighted by Crippen LogP contribution is -2.13. The Hall–Kier alpha value is -1.62. The van der Waals surface area contributed by atoms with E-state index in [2.05, 4.69) is 22.3 Å². The smallest absolute Gasteiger partial charge is 0.194 e. The summed E-state index contributed by atoms with van der Waals surface area (Å²) >= 11 is 0. The molecule has 2 rings (SSSR count). The second-order valence-electron chi connectivity index (χ2n) is 3.84. The van der Waals surface area contributed by atoms with Gasteiger partial charge in [0, 0.05) is 6.54 Å². The number of rotatable bonds is 6. The summed E-state index contributed by atoms with van der Waals surface area (Å²) in [5.74, 6) is 2.49. The van der Waals surface area contributed by atoms with Gasteiger partial charge in [-0.15, -0.1) is 0 Å². The summed E-state index contributed by atoms with van der Waals surface area (Å²) in [6.07, 6.45) is 2.67. The van der Waals surface area contributed by atoms with Gasteiger partial charge in [-0.1, -0.05) is 6.92 Å². The molecule has 0 saturated carbocycles. The van der Waals surface area contributed by atoms with E-state index >= 15 is 0 Å². The summed E-state index contributed by atoms with van der Waals surface area (Å²) in [5.41, 5.74) is 0. The lowest BCUT2D eigenvalue weighted by atomic mass is 10.4. The molecule has 0 saturated heterocycles. The highest BCUT2D eigenvalue weighted by atomic mass is 16.3. The van der Waals surface area contributed by atoms with Crippen LogP contribution in [0.3, 0.4) is 0 Å². The number of nitrogens with one attached hydrogen (secondary N) is 1. The van der Waals surface area contributed by atoms with E-state index in [9.17, 15) is 0 Å². The van der Waals surface area contributed by atoms with E-state index < -0.39 is 0 Å². The first-order chi connectivity index (χ1) is 8.35. The molecule has 92 valence electrons. The first kappa shape index (κ1) is 11.9. The second kappa shape index (κ2) is 5.63. The first-order valence-electron chi connectivity index (χ1n) is 6.02. The molecule has 1 N–H and O–H groups in total. The SMILES string of the molecule is CCCNCc1ccc(-c2ncnn2CC)o1. The number of furan rings is 1. The molecule has 0 bridgehead atoms. The fourth-order valence-corrected chi connectivity index (χ4v) is 1.67. The van der Waals surface area contributed by atoms with E-state index in [1.165, 1.54) is 0 Å². The van der Waals surface area contributed by atoms with Crippen molar-refractivity contribution in [2.75, 3.05) is 6.54 Å². The average Bonchev–Trinajstić information content (AvgIpc) is 2.96. The van der Waals surface area contributed by atoms with E-state index in [4.69, 9.17) is 4.42 Å². The van der Waals surface area contributed by atoms with Crippen molar-refractivity contribution in [3.63, 3.8) is 0 Å². The number of aryl methyl sites for hydroxylation is 1. The minimum atomic E-state index is 0.758. The van der Waals surface area contributed by atoms with Crippen LogP contribution in [0.25, 0.3) is 11.6 Å². The lowest BCUT2D eigenvalue weighted by Gasteiger charge is -2.00. The third-order valence-corrected chi connectivity index (χ3v) is 2.52. The zero-order chi connectivity index (χ0) is 12.1. The van der Waals surface area contributed by atoms with E-state index in [1.54, 1.807) is 6.33 Å². The van der Waals surface area contributed by atoms with Gasteiger partial charge in [-0.05, 0) is 32.0 Å². The van der Waals surface area contributed by atoms with Gasteiger partial charge in [-0.25, -0.2) is 9.67 Å². The van der Waals surface area contributed by atoms with Crippen molar-refractivity contribution in [2.24, 2.45) is 0 Å². The average molecular weight is 234 g/mol. The molecule has 2 heterocycles. The Morgan fingerprint density at radius 3 is 3.00 bits per heavy atom. The van der Waals surface area contributed by atoms with Gasteiger partial charge in [0.15, 0.2) is 11.6 Å². The molecule has 0 aliphatic rings. The Morgan fingerprint density at radius 2 is 2.24 bits per heavy atom. The van der Waals surface area contributed by atoms with Gasteiger partial charge < -0.3 is 9.73 Å². The summed E-state index contributed by atoms with van der Waals surface area (Å²) in [5, 5.41) is 7.43. The van der Waals surface area contributed by atoms with Crippen LogP contribution < -0.4 is 5.32 Å². The molecule has 0 radical (unpaired) electrons. The van der Waals surface area contributed by atoms with Gasteiger partial charge in [0.1, 0.15) is 12.1 Å². The monoisotopic (exact) mass is 234 g/mol. The normalized spacial score (nSPS) is 10.9. The van der Waals surface area contributed by atoms with Crippen molar-refractivity contribution in [1.29, 1.82) is 0 Å². The maximum atomic E-state index is 5.73. The van der Waals surface area contributed by atoms with E-state index in [1.807, 2.05) is 23.7 Å². The molecule has 0 unspecified atom stereocenters. The minimum Gasteiger partial charge on any atom is -0.456 e. The summed E-state index contributed by atoms with van der Waals surface area (Å²) < 4.78 is 7.55.